The second-order valence-electron chi connectivity index (χ2n) is 8.59. The van der Waals surface area contributed by atoms with Gasteiger partial charge in [-0.1, -0.05) is 84.0 Å². The Hall–Kier alpha value is -0.210. The van der Waals surface area contributed by atoms with Crippen LogP contribution in [0.1, 0.15) is 96.8 Å². The number of nitrogens with zero attached hydrogens (tertiary/aromatic N) is 1. The first-order valence-electron chi connectivity index (χ1n) is 11.8. The Labute approximate surface area is 180 Å². The van der Waals surface area contributed by atoms with E-state index in [2.05, 4.69) is 18.2 Å². The molecule has 0 amide bonds. The van der Waals surface area contributed by atoms with Crippen LogP contribution in [0.5, 0.6) is 0 Å². The zero-order valence-electron chi connectivity index (χ0n) is 19.4. The lowest BCUT2D eigenvalue weighted by Crippen LogP contribution is -2.52. The lowest BCUT2D eigenvalue weighted by molar-refractivity contribution is -0.917. The van der Waals surface area contributed by atoms with Gasteiger partial charge in [0.25, 0.3) is 0 Å². The Bertz CT molecular complexity index is 450. The highest BCUT2D eigenvalue weighted by molar-refractivity contribution is 7.80. The Morgan fingerprint density at radius 1 is 0.793 bits per heavy atom. The predicted octanol–water partition coefficient (Wildman–Crippen LogP) is 5.38. The maximum Gasteiger partial charge on any atom is 0.397 e. The standard InChI is InChI=1S/C21H44NO.CH4O4S/c1-3-4-5-6-7-8-9-10-11-12-13-14-15-16-17-22(2)18-20-23-21-19-22;1-5-6(2,3)4/h3-21H2,1-2H3;1H3,(H,2,3,4)/q+1;. The molecule has 0 aromatic heterocycles. The van der Waals surface area contributed by atoms with E-state index < -0.39 is 10.4 Å². The third-order valence-corrected chi connectivity index (χ3v) is 6.23. The molecule has 0 aliphatic carbocycles. The zero-order valence-corrected chi connectivity index (χ0v) is 20.2. The third-order valence-electron chi connectivity index (χ3n) is 5.81. The molecule has 1 aliphatic heterocycles. The maximum atomic E-state index is 9.33. The minimum Gasteiger partial charge on any atom is -0.370 e. The number of hydrogen-bond donors (Lipinski definition) is 1. The summed E-state index contributed by atoms with van der Waals surface area (Å²) in [7, 11) is -0.884. The first-order chi connectivity index (χ1) is 13.8. The summed E-state index contributed by atoms with van der Waals surface area (Å²) in [4.78, 5) is 0. The van der Waals surface area contributed by atoms with E-state index in [1.165, 1.54) is 114 Å². The number of hydrogen-bond acceptors (Lipinski definition) is 4. The molecule has 0 bridgehead atoms. The van der Waals surface area contributed by atoms with Crippen molar-refractivity contribution in [3.63, 3.8) is 0 Å². The van der Waals surface area contributed by atoms with Crippen LogP contribution in [-0.2, 0) is 19.3 Å². The lowest BCUT2D eigenvalue weighted by Gasteiger charge is -2.37. The van der Waals surface area contributed by atoms with Crippen LogP contribution in [0, 0.1) is 0 Å². The molecular formula is C22H48NO5S+. The smallest absolute Gasteiger partial charge is 0.370 e. The fourth-order valence-electron chi connectivity index (χ4n) is 3.70. The van der Waals surface area contributed by atoms with Crippen molar-refractivity contribution in [2.45, 2.75) is 96.8 Å². The fraction of sp³-hybridized carbons (Fsp3) is 1.00. The number of unbranched alkanes of at least 4 members (excludes halogenated alkanes) is 13. The molecule has 6 nitrogen and oxygen atoms in total. The van der Waals surface area contributed by atoms with E-state index in [4.69, 9.17) is 9.29 Å². The molecule has 1 heterocycles. The monoisotopic (exact) mass is 438 g/mol. The van der Waals surface area contributed by atoms with Gasteiger partial charge in [0.15, 0.2) is 0 Å². The van der Waals surface area contributed by atoms with E-state index in [1.807, 2.05) is 0 Å². The molecule has 0 aromatic carbocycles. The first kappa shape index (κ1) is 28.8. The summed E-state index contributed by atoms with van der Waals surface area (Å²) < 4.78 is 36.4. The molecule has 0 spiro atoms. The molecule has 0 unspecified atom stereocenters. The van der Waals surface area contributed by atoms with Gasteiger partial charge in [-0.2, -0.15) is 8.42 Å². The van der Waals surface area contributed by atoms with Gasteiger partial charge in [-0.15, -0.1) is 0 Å². The van der Waals surface area contributed by atoms with E-state index in [1.54, 1.807) is 0 Å². The molecule has 0 radical (unpaired) electrons. The van der Waals surface area contributed by atoms with Crippen molar-refractivity contribution in [3.8, 4) is 0 Å². The van der Waals surface area contributed by atoms with E-state index in [9.17, 15) is 8.42 Å². The van der Waals surface area contributed by atoms with Gasteiger partial charge in [-0.05, 0) is 12.8 Å². The molecule has 7 heteroatoms. The summed E-state index contributed by atoms with van der Waals surface area (Å²) >= 11 is 0. The third kappa shape index (κ3) is 20.8. The van der Waals surface area contributed by atoms with Crippen molar-refractivity contribution < 1.29 is 26.4 Å². The van der Waals surface area contributed by atoms with Crippen LogP contribution < -0.4 is 0 Å². The van der Waals surface area contributed by atoms with Crippen LogP contribution in [-0.4, -0.2) is 64.5 Å². The van der Waals surface area contributed by atoms with Crippen molar-refractivity contribution in [2.24, 2.45) is 0 Å². The molecular weight excluding hydrogens is 390 g/mol. The molecule has 0 atom stereocenters. The van der Waals surface area contributed by atoms with E-state index in [0.717, 1.165) is 20.3 Å². The van der Waals surface area contributed by atoms with Crippen molar-refractivity contribution in [3.05, 3.63) is 0 Å². The number of ether oxygens (including phenoxy) is 1. The van der Waals surface area contributed by atoms with Crippen LogP contribution in [0.2, 0.25) is 0 Å². The minimum absolute atomic E-state index is 0.870. The van der Waals surface area contributed by atoms with Gasteiger partial charge in [0.1, 0.15) is 13.1 Å². The summed E-state index contributed by atoms with van der Waals surface area (Å²) in [5.74, 6) is 0. The molecule has 1 saturated heterocycles. The zero-order chi connectivity index (χ0) is 21.8. The first-order valence-corrected chi connectivity index (χ1v) is 13.1. The Balaban J connectivity index is 0.00000113. The van der Waals surface area contributed by atoms with Gasteiger partial charge in [0.05, 0.1) is 33.9 Å². The molecule has 1 N–H and O–H groups in total. The van der Waals surface area contributed by atoms with Gasteiger partial charge < -0.3 is 9.22 Å². The van der Waals surface area contributed by atoms with Crippen LogP contribution in [0.25, 0.3) is 0 Å². The second-order valence-corrected chi connectivity index (χ2v) is 9.78. The van der Waals surface area contributed by atoms with Crippen molar-refractivity contribution in [1.82, 2.24) is 0 Å². The number of rotatable bonds is 16. The number of quaternary nitrogens is 1. The van der Waals surface area contributed by atoms with Gasteiger partial charge >= 0.3 is 10.4 Å². The quantitative estimate of drug-likeness (QED) is 0.199. The van der Waals surface area contributed by atoms with Gasteiger partial charge in [-0.25, -0.2) is 0 Å². The molecule has 0 aromatic rings. The topological polar surface area (TPSA) is 72.8 Å². The minimum atomic E-state index is -4.16. The molecule has 1 rings (SSSR count). The Morgan fingerprint density at radius 2 is 1.14 bits per heavy atom. The van der Waals surface area contributed by atoms with Crippen LogP contribution in [0.3, 0.4) is 0 Å². The molecule has 176 valence electrons. The summed E-state index contributed by atoms with van der Waals surface area (Å²) in [5, 5.41) is 0. The average molecular weight is 439 g/mol. The summed E-state index contributed by atoms with van der Waals surface area (Å²) in [5.41, 5.74) is 0. The normalized spacial score (nSPS) is 16.3. The van der Waals surface area contributed by atoms with Gasteiger partial charge in [0, 0.05) is 0 Å². The lowest BCUT2D eigenvalue weighted by atomic mass is 10.0. The number of likely N-dealkylation sites (N-methyl/N-ethyl adjacent to an activating group) is 1. The highest BCUT2D eigenvalue weighted by atomic mass is 32.3. The molecule has 1 fully saturated rings. The predicted molar refractivity (Wildman–Crippen MR) is 120 cm³/mol. The van der Waals surface area contributed by atoms with E-state index in [-0.39, 0.29) is 0 Å². The molecule has 29 heavy (non-hydrogen) atoms. The Kier molecular flexibility index (Phi) is 18.4. The van der Waals surface area contributed by atoms with E-state index in [0.29, 0.717) is 0 Å². The van der Waals surface area contributed by atoms with Gasteiger partial charge in [0.2, 0.25) is 0 Å². The average Bonchev–Trinajstić information content (AvgIpc) is 2.69. The largest absolute Gasteiger partial charge is 0.397 e. The summed E-state index contributed by atoms with van der Waals surface area (Å²) in [6, 6.07) is 0. The van der Waals surface area contributed by atoms with Crippen molar-refractivity contribution in [1.29, 1.82) is 0 Å². The summed E-state index contributed by atoms with van der Waals surface area (Å²) in [6.07, 6.45) is 20.3. The highest BCUT2D eigenvalue weighted by Crippen LogP contribution is 2.14. The fourth-order valence-corrected chi connectivity index (χ4v) is 3.70. The SMILES string of the molecule is CCCCCCCCCCCCCCCC[N+]1(C)CCOCC1.COS(=O)(=O)O. The van der Waals surface area contributed by atoms with E-state index >= 15 is 0 Å². The van der Waals surface area contributed by atoms with Gasteiger partial charge in [-0.3, -0.25) is 8.74 Å². The summed E-state index contributed by atoms with van der Waals surface area (Å²) in [6.45, 7) is 8.03. The molecule has 1 aliphatic rings. The molecule has 0 saturated carbocycles. The second kappa shape index (κ2) is 18.6. The Morgan fingerprint density at radius 3 is 1.48 bits per heavy atom. The highest BCUT2D eigenvalue weighted by Gasteiger charge is 2.24. The van der Waals surface area contributed by atoms with Crippen LogP contribution >= 0.6 is 0 Å². The van der Waals surface area contributed by atoms with Crippen LogP contribution in [0.4, 0.5) is 0 Å². The maximum absolute atomic E-state index is 9.33. The van der Waals surface area contributed by atoms with Crippen LogP contribution in [0.15, 0.2) is 0 Å². The number of morpholine rings is 1. The van der Waals surface area contributed by atoms with Crippen molar-refractivity contribution >= 4 is 10.4 Å². The van der Waals surface area contributed by atoms with Crippen molar-refractivity contribution in [2.75, 3.05) is 47.0 Å².